The molecule has 0 saturated carbocycles. The van der Waals surface area contributed by atoms with Gasteiger partial charge in [-0.3, -0.25) is 4.98 Å². The Labute approximate surface area is 223 Å². The zero-order chi connectivity index (χ0) is 25.6. The van der Waals surface area contributed by atoms with Crippen molar-refractivity contribution in [1.82, 2.24) is 14.9 Å². The smallest absolute Gasteiger partial charge is 0.174 e. The van der Waals surface area contributed by atoms with Crippen LogP contribution in [0.15, 0.2) is 72.9 Å². The van der Waals surface area contributed by atoms with Gasteiger partial charge in [0.15, 0.2) is 5.11 Å². The Bertz CT molecular complexity index is 1410. The maximum absolute atomic E-state index is 6.50. The molecule has 2 aromatic carbocycles. The van der Waals surface area contributed by atoms with E-state index < -0.39 is 0 Å². The first kappa shape index (κ1) is 24.3. The molecule has 184 valence electrons. The number of halogens is 1. The zero-order valence-electron chi connectivity index (χ0n) is 21.2. The molecule has 5 rings (SSSR count). The summed E-state index contributed by atoms with van der Waals surface area (Å²) in [5, 5.41) is 5.03. The summed E-state index contributed by atoms with van der Waals surface area (Å²) >= 11 is 12.4. The van der Waals surface area contributed by atoms with E-state index in [1.807, 2.05) is 44.6 Å². The maximum atomic E-state index is 6.50. The van der Waals surface area contributed by atoms with Crippen molar-refractivity contribution in [2.75, 3.05) is 23.9 Å². The highest BCUT2D eigenvalue weighted by atomic mass is 35.5. The molecule has 4 aromatic rings. The van der Waals surface area contributed by atoms with Crippen LogP contribution in [0.1, 0.15) is 40.3 Å². The molecule has 0 bridgehead atoms. The minimum atomic E-state index is -0.0957. The van der Waals surface area contributed by atoms with Crippen LogP contribution < -0.4 is 15.1 Å². The van der Waals surface area contributed by atoms with Gasteiger partial charge in [0.05, 0.1) is 17.8 Å². The summed E-state index contributed by atoms with van der Waals surface area (Å²) in [6.45, 7) is 6.38. The fourth-order valence-electron chi connectivity index (χ4n) is 5.16. The first-order chi connectivity index (χ1) is 17.3. The SMILES string of the molecule is Cc1c(Cl)cccc1-n1c(C)cc(C2C(c3ccccn3)NC(=S)N2c2ccc(N(C)C)cc2)c1C. The fourth-order valence-corrected chi connectivity index (χ4v) is 5.67. The Kier molecular flexibility index (Phi) is 6.49. The summed E-state index contributed by atoms with van der Waals surface area (Å²) in [7, 11) is 4.09. The molecule has 3 heterocycles. The molecule has 5 nitrogen and oxygen atoms in total. The zero-order valence-corrected chi connectivity index (χ0v) is 22.7. The van der Waals surface area contributed by atoms with Crippen molar-refractivity contribution in [1.29, 1.82) is 0 Å². The Morgan fingerprint density at radius 2 is 1.72 bits per heavy atom. The van der Waals surface area contributed by atoms with Crippen LogP contribution in [0, 0.1) is 20.8 Å². The number of benzene rings is 2. The third kappa shape index (κ3) is 4.14. The van der Waals surface area contributed by atoms with Gasteiger partial charge in [0.2, 0.25) is 0 Å². The monoisotopic (exact) mass is 515 g/mol. The highest BCUT2D eigenvalue weighted by Crippen LogP contribution is 2.44. The van der Waals surface area contributed by atoms with E-state index >= 15 is 0 Å². The molecule has 0 aliphatic carbocycles. The number of hydrogen-bond acceptors (Lipinski definition) is 3. The molecule has 0 spiro atoms. The average Bonchev–Trinajstić information content (AvgIpc) is 3.36. The quantitative estimate of drug-likeness (QED) is 0.299. The normalized spacial score (nSPS) is 17.4. The van der Waals surface area contributed by atoms with Gasteiger partial charge in [0, 0.05) is 53.8 Å². The molecule has 2 atom stereocenters. The maximum Gasteiger partial charge on any atom is 0.174 e. The van der Waals surface area contributed by atoms with Gasteiger partial charge in [0.1, 0.15) is 0 Å². The molecule has 1 aliphatic heterocycles. The van der Waals surface area contributed by atoms with Crippen LogP contribution in [0.5, 0.6) is 0 Å². The van der Waals surface area contributed by atoms with E-state index in [0.717, 1.165) is 44.7 Å². The van der Waals surface area contributed by atoms with Crippen LogP contribution in [-0.4, -0.2) is 28.8 Å². The van der Waals surface area contributed by atoms with E-state index in [1.54, 1.807) is 0 Å². The molecular weight excluding hydrogens is 486 g/mol. The van der Waals surface area contributed by atoms with Crippen LogP contribution in [0.25, 0.3) is 5.69 Å². The second-order valence-corrected chi connectivity index (χ2v) is 10.2. The molecule has 2 aromatic heterocycles. The first-order valence-electron chi connectivity index (χ1n) is 12.0. The van der Waals surface area contributed by atoms with Crippen molar-refractivity contribution in [3.8, 4) is 5.69 Å². The number of aromatic nitrogens is 2. The highest BCUT2D eigenvalue weighted by molar-refractivity contribution is 7.80. The predicted molar refractivity (Wildman–Crippen MR) is 154 cm³/mol. The van der Waals surface area contributed by atoms with Gasteiger partial charge >= 0.3 is 0 Å². The molecule has 0 radical (unpaired) electrons. The largest absolute Gasteiger partial charge is 0.378 e. The third-order valence-electron chi connectivity index (χ3n) is 7.01. The molecule has 1 aliphatic rings. The molecule has 7 heteroatoms. The summed E-state index contributed by atoms with van der Waals surface area (Å²) in [4.78, 5) is 9.02. The molecule has 36 heavy (non-hydrogen) atoms. The van der Waals surface area contributed by atoms with Crippen LogP contribution in [0.2, 0.25) is 5.02 Å². The Morgan fingerprint density at radius 3 is 2.39 bits per heavy atom. The van der Waals surface area contributed by atoms with Gasteiger partial charge in [-0.2, -0.15) is 0 Å². The second-order valence-electron chi connectivity index (χ2n) is 9.45. The van der Waals surface area contributed by atoms with Crippen LogP contribution in [0.3, 0.4) is 0 Å². The topological polar surface area (TPSA) is 36.3 Å². The number of anilines is 2. The number of pyridine rings is 1. The van der Waals surface area contributed by atoms with Crippen molar-refractivity contribution >= 4 is 40.3 Å². The minimum absolute atomic E-state index is 0.0722. The molecule has 0 amide bonds. The van der Waals surface area contributed by atoms with E-state index in [4.69, 9.17) is 28.8 Å². The van der Waals surface area contributed by atoms with Crippen LogP contribution in [-0.2, 0) is 0 Å². The Hall–Kier alpha value is -3.35. The number of nitrogens with zero attached hydrogens (tertiary/aromatic N) is 4. The number of hydrogen-bond donors (Lipinski definition) is 1. The lowest BCUT2D eigenvalue weighted by Gasteiger charge is -2.28. The van der Waals surface area contributed by atoms with Gasteiger partial charge in [-0.25, -0.2) is 0 Å². The summed E-state index contributed by atoms with van der Waals surface area (Å²) < 4.78 is 2.29. The molecular formula is C29H30ClN5S. The van der Waals surface area contributed by atoms with Gasteiger partial charge in [-0.1, -0.05) is 23.7 Å². The van der Waals surface area contributed by atoms with Gasteiger partial charge in [-0.05, 0) is 98.7 Å². The third-order valence-corrected chi connectivity index (χ3v) is 7.74. The summed E-state index contributed by atoms with van der Waals surface area (Å²) in [5.41, 5.74) is 8.80. The Balaban J connectivity index is 1.68. The number of rotatable bonds is 5. The highest BCUT2D eigenvalue weighted by Gasteiger charge is 2.42. The minimum Gasteiger partial charge on any atom is -0.378 e. The van der Waals surface area contributed by atoms with E-state index in [1.165, 1.54) is 5.56 Å². The average molecular weight is 516 g/mol. The van der Waals surface area contributed by atoms with Crippen LogP contribution in [0.4, 0.5) is 11.4 Å². The first-order valence-corrected chi connectivity index (χ1v) is 12.8. The van der Waals surface area contributed by atoms with Crippen molar-refractivity contribution < 1.29 is 0 Å². The number of aryl methyl sites for hydroxylation is 1. The summed E-state index contributed by atoms with van der Waals surface area (Å²) in [6.07, 6.45) is 1.84. The van der Waals surface area contributed by atoms with Crippen LogP contribution >= 0.6 is 23.8 Å². The number of thiocarbonyl (C=S) groups is 1. The number of nitrogens with one attached hydrogen (secondary N) is 1. The second kappa shape index (κ2) is 9.60. The van der Waals surface area contributed by atoms with Crippen molar-refractivity contribution in [2.24, 2.45) is 0 Å². The predicted octanol–water partition coefficient (Wildman–Crippen LogP) is 6.69. The molecule has 1 fully saturated rings. The van der Waals surface area contributed by atoms with Gasteiger partial charge in [-0.15, -0.1) is 0 Å². The molecule has 1 N–H and O–H groups in total. The lowest BCUT2D eigenvalue weighted by atomic mass is 9.96. The fraction of sp³-hybridized carbons (Fsp3) is 0.241. The lowest BCUT2D eigenvalue weighted by Crippen LogP contribution is -2.29. The lowest BCUT2D eigenvalue weighted by molar-refractivity contribution is 0.565. The summed E-state index contributed by atoms with van der Waals surface area (Å²) in [5.74, 6) is 0. The molecule has 2 unspecified atom stereocenters. The van der Waals surface area contributed by atoms with Gasteiger partial charge in [0.25, 0.3) is 0 Å². The van der Waals surface area contributed by atoms with Gasteiger partial charge < -0.3 is 19.7 Å². The van der Waals surface area contributed by atoms with E-state index in [9.17, 15) is 0 Å². The van der Waals surface area contributed by atoms with Crippen molar-refractivity contribution in [3.05, 3.63) is 106 Å². The van der Waals surface area contributed by atoms with E-state index in [2.05, 4.69) is 82.9 Å². The van der Waals surface area contributed by atoms with Crippen molar-refractivity contribution in [3.63, 3.8) is 0 Å². The van der Waals surface area contributed by atoms with Crippen molar-refractivity contribution in [2.45, 2.75) is 32.9 Å². The Morgan fingerprint density at radius 1 is 0.972 bits per heavy atom. The van der Waals surface area contributed by atoms with E-state index in [0.29, 0.717) is 5.11 Å². The van der Waals surface area contributed by atoms with E-state index in [-0.39, 0.29) is 12.1 Å². The standard InChI is InChI=1S/C29H30ClN5S/c1-18-17-23(20(3)34(18)26-11-8-9-24(30)19(26)2)28-27(25-10-6-7-16-31-25)32-29(36)35(28)22-14-12-21(13-15-22)33(4)5/h6-17,27-28H,1-5H3,(H,32,36). The summed E-state index contributed by atoms with van der Waals surface area (Å²) in [6, 6.07) is 22.7. The molecule has 1 saturated heterocycles.